The van der Waals surface area contributed by atoms with E-state index in [0.29, 0.717) is 16.7 Å². The highest BCUT2D eigenvalue weighted by atomic mass is 35.5. The summed E-state index contributed by atoms with van der Waals surface area (Å²) in [5.41, 5.74) is 2.38. The molecule has 0 amide bonds. The quantitative estimate of drug-likeness (QED) is 0.276. The minimum Gasteiger partial charge on any atom is -0.508 e. The van der Waals surface area contributed by atoms with Crippen LogP contribution >= 0.6 is 23.4 Å². The van der Waals surface area contributed by atoms with Crippen molar-refractivity contribution in [1.82, 2.24) is 4.90 Å². The van der Waals surface area contributed by atoms with E-state index >= 15 is 0 Å². The van der Waals surface area contributed by atoms with Gasteiger partial charge in [0.15, 0.2) is 5.17 Å². The lowest BCUT2D eigenvalue weighted by Crippen LogP contribution is -2.29. The molecule has 0 bridgehead atoms. The minimum absolute atomic E-state index is 0.255. The number of nitrogens with one attached hydrogen (secondary N) is 1. The van der Waals surface area contributed by atoms with Crippen molar-refractivity contribution < 1.29 is 5.11 Å². The molecular formula is C23H23ClN2OS. The van der Waals surface area contributed by atoms with E-state index in [-0.39, 0.29) is 5.75 Å². The molecule has 0 aliphatic heterocycles. The van der Waals surface area contributed by atoms with Crippen LogP contribution in [0.3, 0.4) is 0 Å². The molecule has 3 aromatic rings. The lowest BCUT2D eigenvalue weighted by atomic mass is 10.1. The maximum atomic E-state index is 9.51. The topological polar surface area (TPSA) is 47.3 Å². The number of rotatable bonds is 7. The fourth-order valence-electron chi connectivity index (χ4n) is 2.87. The van der Waals surface area contributed by atoms with Crippen LogP contribution in [0.4, 0.5) is 0 Å². The second-order valence-corrected chi connectivity index (χ2v) is 8.04. The van der Waals surface area contributed by atoms with E-state index in [9.17, 15) is 5.11 Å². The summed E-state index contributed by atoms with van der Waals surface area (Å²) < 4.78 is 0. The Balaban J connectivity index is 1.66. The van der Waals surface area contributed by atoms with Gasteiger partial charge < -0.3 is 10.0 Å². The Morgan fingerprint density at radius 2 is 1.57 bits per heavy atom. The van der Waals surface area contributed by atoms with Crippen molar-refractivity contribution in [2.45, 2.75) is 24.3 Å². The third kappa shape index (κ3) is 6.32. The van der Waals surface area contributed by atoms with E-state index in [1.807, 2.05) is 42.5 Å². The van der Waals surface area contributed by atoms with Gasteiger partial charge in [0, 0.05) is 23.0 Å². The minimum atomic E-state index is 0.255. The zero-order chi connectivity index (χ0) is 19.8. The Bertz CT molecular complexity index is 883. The van der Waals surface area contributed by atoms with Crippen LogP contribution in [0.1, 0.15) is 17.5 Å². The van der Waals surface area contributed by atoms with E-state index in [4.69, 9.17) is 17.0 Å². The summed E-state index contributed by atoms with van der Waals surface area (Å²) >= 11 is 7.39. The monoisotopic (exact) mass is 410 g/mol. The van der Waals surface area contributed by atoms with Gasteiger partial charge in [-0.25, -0.2) is 0 Å². The highest BCUT2D eigenvalue weighted by molar-refractivity contribution is 8.13. The lowest BCUT2D eigenvalue weighted by Gasteiger charge is -2.25. The van der Waals surface area contributed by atoms with E-state index in [1.54, 1.807) is 12.1 Å². The van der Waals surface area contributed by atoms with Crippen molar-refractivity contribution >= 4 is 28.5 Å². The average molecular weight is 411 g/mol. The molecule has 28 heavy (non-hydrogen) atoms. The Hall–Kier alpha value is -2.43. The molecule has 5 heteroatoms. The molecule has 0 heterocycles. The maximum Gasteiger partial charge on any atom is 0.161 e. The largest absolute Gasteiger partial charge is 0.508 e. The number of benzene rings is 3. The number of nitrogens with zero attached hydrogens (tertiary/aromatic N) is 1. The molecule has 3 aromatic carbocycles. The number of thioether (sulfide) groups is 1. The third-order valence-electron chi connectivity index (χ3n) is 4.36. The van der Waals surface area contributed by atoms with Gasteiger partial charge in [-0.1, -0.05) is 65.8 Å². The zero-order valence-electron chi connectivity index (χ0n) is 15.5. The van der Waals surface area contributed by atoms with Gasteiger partial charge in [0.2, 0.25) is 0 Å². The molecule has 0 saturated heterocycles. The number of aryl methyl sites for hydroxylation is 1. The van der Waals surface area contributed by atoms with Crippen molar-refractivity contribution in [2.75, 3.05) is 6.54 Å². The molecule has 0 fully saturated rings. The van der Waals surface area contributed by atoms with E-state index in [1.165, 1.54) is 17.3 Å². The van der Waals surface area contributed by atoms with Gasteiger partial charge in [-0.2, -0.15) is 0 Å². The molecular weight excluding hydrogens is 388 g/mol. The van der Waals surface area contributed by atoms with Gasteiger partial charge in [0.25, 0.3) is 0 Å². The van der Waals surface area contributed by atoms with Crippen molar-refractivity contribution in [1.29, 1.82) is 5.41 Å². The van der Waals surface area contributed by atoms with E-state index in [0.717, 1.165) is 29.8 Å². The second-order valence-electron chi connectivity index (χ2n) is 6.54. The number of amidine groups is 1. The van der Waals surface area contributed by atoms with Crippen molar-refractivity contribution in [3.8, 4) is 5.75 Å². The Labute approximate surface area is 175 Å². The SMILES string of the molecule is N=C(Sc1ccc(Cl)cc1)N(CCCc1ccccc1)Cc1ccc(O)cc1. The zero-order valence-corrected chi connectivity index (χ0v) is 17.1. The summed E-state index contributed by atoms with van der Waals surface area (Å²) in [4.78, 5) is 3.07. The van der Waals surface area contributed by atoms with E-state index in [2.05, 4.69) is 29.2 Å². The number of hydrogen-bond acceptors (Lipinski definition) is 3. The van der Waals surface area contributed by atoms with Crippen LogP contribution in [0, 0.1) is 5.41 Å². The first kappa shape index (κ1) is 20.3. The molecule has 0 spiro atoms. The second kappa shape index (κ2) is 10.2. The van der Waals surface area contributed by atoms with Crippen LogP contribution in [-0.4, -0.2) is 21.7 Å². The predicted molar refractivity (Wildman–Crippen MR) is 118 cm³/mol. The average Bonchev–Trinajstić information content (AvgIpc) is 2.71. The third-order valence-corrected chi connectivity index (χ3v) is 5.57. The van der Waals surface area contributed by atoms with Gasteiger partial charge in [0.05, 0.1) is 0 Å². The summed E-state index contributed by atoms with van der Waals surface area (Å²) in [7, 11) is 0. The summed E-state index contributed by atoms with van der Waals surface area (Å²) in [5.74, 6) is 0.255. The van der Waals surface area contributed by atoms with Gasteiger partial charge in [-0.3, -0.25) is 5.41 Å². The highest BCUT2D eigenvalue weighted by Crippen LogP contribution is 2.24. The molecule has 2 N–H and O–H groups in total. The standard InChI is InChI=1S/C23H23ClN2OS/c24-20-10-14-22(15-11-20)28-23(25)26(17-19-8-12-21(27)13-9-19)16-4-7-18-5-2-1-3-6-18/h1-3,5-6,8-15,25,27H,4,7,16-17H2. The lowest BCUT2D eigenvalue weighted by molar-refractivity contribution is 0.409. The molecule has 0 aromatic heterocycles. The summed E-state index contributed by atoms with van der Waals surface area (Å²) in [6.45, 7) is 1.42. The Kier molecular flexibility index (Phi) is 7.40. The number of hydrogen-bond donors (Lipinski definition) is 2. The molecule has 3 nitrogen and oxygen atoms in total. The van der Waals surface area contributed by atoms with Crippen molar-refractivity contribution in [2.24, 2.45) is 0 Å². The van der Waals surface area contributed by atoms with Gasteiger partial charge in [-0.15, -0.1) is 0 Å². The molecule has 0 aliphatic carbocycles. The fourth-order valence-corrected chi connectivity index (χ4v) is 3.78. The van der Waals surface area contributed by atoms with Gasteiger partial charge >= 0.3 is 0 Å². The highest BCUT2D eigenvalue weighted by Gasteiger charge is 2.12. The number of aromatic hydroxyl groups is 1. The molecule has 0 unspecified atom stereocenters. The Morgan fingerprint density at radius 3 is 2.25 bits per heavy atom. The van der Waals surface area contributed by atoms with Crippen LogP contribution in [0.15, 0.2) is 83.8 Å². The molecule has 3 rings (SSSR count). The van der Waals surface area contributed by atoms with Gasteiger partial charge in [-0.05, 0) is 60.4 Å². The normalized spacial score (nSPS) is 10.6. The van der Waals surface area contributed by atoms with Crippen LogP contribution in [-0.2, 0) is 13.0 Å². The molecule has 144 valence electrons. The maximum absolute atomic E-state index is 9.51. The smallest absolute Gasteiger partial charge is 0.161 e. The first-order valence-electron chi connectivity index (χ1n) is 9.19. The fraction of sp³-hybridized carbons (Fsp3) is 0.174. The molecule has 0 radical (unpaired) electrons. The first-order chi connectivity index (χ1) is 13.6. The van der Waals surface area contributed by atoms with Crippen LogP contribution in [0.25, 0.3) is 0 Å². The predicted octanol–water partition coefficient (Wildman–Crippen LogP) is 6.21. The van der Waals surface area contributed by atoms with Crippen molar-refractivity contribution in [3.63, 3.8) is 0 Å². The summed E-state index contributed by atoms with van der Waals surface area (Å²) in [5, 5.41) is 19.3. The Morgan fingerprint density at radius 1 is 0.893 bits per heavy atom. The van der Waals surface area contributed by atoms with E-state index < -0.39 is 0 Å². The molecule has 0 aliphatic rings. The van der Waals surface area contributed by atoms with Crippen LogP contribution in [0.2, 0.25) is 5.02 Å². The number of phenols is 1. The van der Waals surface area contributed by atoms with Crippen LogP contribution in [0.5, 0.6) is 5.75 Å². The summed E-state index contributed by atoms with van der Waals surface area (Å²) in [6.07, 6.45) is 1.94. The molecule has 0 atom stereocenters. The number of phenolic OH excluding ortho intramolecular Hbond substituents is 1. The van der Waals surface area contributed by atoms with Gasteiger partial charge in [0.1, 0.15) is 5.75 Å². The summed E-state index contributed by atoms with van der Waals surface area (Å²) in [6, 6.07) is 25.2. The first-order valence-corrected chi connectivity index (χ1v) is 10.4. The number of halogens is 1. The molecule has 0 saturated carbocycles. The van der Waals surface area contributed by atoms with Crippen LogP contribution < -0.4 is 0 Å². The van der Waals surface area contributed by atoms with Crippen molar-refractivity contribution in [3.05, 3.63) is 95.0 Å².